The average Bonchev–Trinajstić information content (AvgIpc) is 2.89. The first kappa shape index (κ1) is 29.3. The van der Waals surface area contributed by atoms with Gasteiger partial charge in [0.05, 0.1) is 11.1 Å². The topological polar surface area (TPSA) is 161 Å². The highest BCUT2D eigenvalue weighted by molar-refractivity contribution is 6.24. The highest BCUT2D eigenvalue weighted by atomic mass is 19.4. The van der Waals surface area contributed by atoms with Crippen molar-refractivity contribution in [3.8, 4) is 5.75 Å². The summed E-state index contributed by atoms with van der Waals surface area (Å²) in [5.74, 6) is -8.79. The third kappa shape index (κ3) is 4.64. The molecule has 3 aliphatic carbocycles. The lowest BCUT2D eigenvalue weighted by molar-refractivity contribution is -0.144. The number of aliphatic hydroxyl groups excluding tert-OH is 2. The van der Waals surface area contributed by atoms with Crippen LogP contribution in [-0.4, -0.2) is 62.0 Å². The summed E-state index contributed by atoms with van der Waals surface area (Å²) < 4.78 is 43.8. The van der Waals surface area contributed by atoms with Crippen LogP contribution in [0.15, 0.2) is 59.1 Å². The number of rotatable bonds is 6. The van der Waals surface area contributed by atoms with E-state index in [0.29, 0.717) is 13.0 Å². The van der Waals surface area contributed by atoms with Crippen molar-refractivity contribution in [2.24, 2.45) is 17.6 Å². The number of Topliss-reactive ketones (excluding diaryl/α,β-unsaturated/α-hetero) is 2. The molecule has 0 bridgehead atoms. The molecule has 1 unspecified atom stereocenters. The molecule has 0 radical (unpaired) electrons. The van der Waals surface area contributed by atoms with Crippen LogP contribution in [0.5, 0.6) is 5.75 Å². The maximum absolute atomic E-state index is 14.6. The largest absolute Gasteiger partial charge is 0.511 e. The summed E-state index contributed by atoms with van der Waals surface area (Å²) in [6.07, 6.45) is -5.49. The van der Waals surface area contributed by atoms with Crippen molar-refractivity contribution in [1.29, 1.82) is 0 Å². The summed E-state index contributed by atoms with van der Waals surface area (Å²) >= 11 is 0. The summed E-state index contributed by atoms with van der Waals surface area (Å²) in [5, 5.41) is 43.5. The number of aromatic hydroxyl groups is 1. The molecule has 2 aromatic rings. The predicted molar refractivity (Wildman–Crippen MR) is 142 cm³/mol. The molecule has 1 amide bonds. The number of carbonyl (C=O) groups is 3. The van der Waals surface area contributed by atoms with Crippen LogP contribution in [0.2, 0.25) is 0 Å². The molecule has 9 nitrogen and oxygen atoms in total. The maximum Gasteiger partial charge on any atom is 0.417 e. The van der Waals surface area contributed by atoms with Crippen LogP contribution in [0.4, 0.5) is 13.2 Å². The lowest BCUT2D eigenvalue weighted by atomic mass is 9.60. The van der Waals surface area contributed by atoms with Crippen LogP contribution < -0.4 is 5.73 Å². The van der Waals surface area contributed by atoms with Gasteiger partial charge < -0.3 is 31.1 Å². The van der Waals surface area contributed by atoms with Crippen molar-refractivity contribution in [2.75, 3.05) is 13.6 Å². The molecule has 42 heavy (non-hydrogen) atoms. The molecular formula is C30H29F3N2O7. The fourth-order valence-corrected chi connectivity index (χ4v) is 6.57. The number of halogens is 3. The third-order valence-corrected chi connectivity index (χ3v) is 8.49. The van der Waals surface area contributed by atoms with E-state index in [1.54, 1.807) is 11.9 Å². The lowest BCUT2D eigenvalue weighted by Gasteiger charge is -2.45. The second kappa shape index (κ2) is 10.3. The third-order valence-electron chi connectivity index (χ3n) is 8.49. The Balaban J connectivity index is 1.56. The number of primary amides is 1. The van der Waals surface area contributed by atoms with Crippen molar-refractivity contribution in [1.82, 2.24) is 4.90 Å². The number of aliphatic hydroxyl groups is 3. The number of carbonyl (C=O) groups excluding carboxylic acids is 3. The van der Waals surface area contributed by atoms with E-state index in [4.69, 9.17) is 5.73 Å². The van der Waals surface area contributed by atoms with E-state index in [2.05, 4.69) is 0 Å². The van der Waals surface area contributed by atoms with E-state index < -0.39 is 99.0 Å². The van der Waals surface area contributed by atoms with E-state index in [1.807, 2.05) is 30.3 Å². The monoisotopic (exact) mass is 586 g/mol. The van der Waals surface area contributed by atoms with E-state index in [0.717, 1.165) is 11.6 Å². The van der Waals surface area contributed by atoms with Crippen LogP contribution in [0.3, 0.4) is 0 Å². The van der Waals surface area contributed by atoms with Gasteiger partial charge in [-0.3, -0.25) is 14.4 Å². The molecule has 3 atom stereocenters. The Bertz CT molecular complexity index is 1560. The summed E-state index contributed by atoms with van der Waals surface area (Å²) in [7, 11) is 1.64. The van der Waals surface area contributed by atoms with Crippen LogP contribution in [-0.2, 0) is 35.2 Å². The van der Waals surface area contributed by atoms with Crippen molar-refractivity contribution >= 4 is 17.5 Å². The molecule has 2 aromatic carbocycles. The van der Waals surface area contributed by atoms with Gasteiger partial charge in [-0.25, -0.2) is 0 Å². The van der Waals surface area contributed by atoms with E-state index >= 15 is 0 Å². The van der Waals surface area contributed by atoms with Crippen LogP contribution in [0.25, 0.3) is 0 Å². The predicted octanol–water partition coefficient (Wildman–Crippen LogP) is 3.27. The summed E-state index contributed by atoms with van der Waals surface area (Å²) in [6, 6.07) is 10.3. The number of amides is 1. The molecule has 0 fully saturated rings. The maximum atomic E-state index is 14.6. The van der Waals surface area contributed by atoms with Gasteiger partial charge in [-0.15, -0.1) is 0 Å². The van der Waals surface area contributed by atoms with Crippen molar-refractivity contribution in [2.45, 2.75) is 44.0 Å². The second-order valence-electron chi connectivity index (χ2n) is 11.2. The quantitative estimate of drug-likeness (QED) is 0.322. The number of benzene rings is 2. The molecular weight excluding hydrogens is 557 g/mol. The summed E-state index contributed by atoms with van der Waals surface area (Å²) in [4.78, 5) is 40.1. The standard InChI is InChI=1S/C30H29F3N2O7/c1-35(8-7-14-5-3-2-4-6-14)13-16-11-19(36)22-18(24(16)30(31,32)33)10-15-9-17-12-20(37)23(28(34)41)27(40)29(17,42)26(39)21(15)25(22)38/h2-6,11,15,17,36-37,39,42H,7-10,12-13H2,1H3,(H2,34,41)/t15?,17-,29-/m0/s1. The zero-order chi connectivity index (χ0) is 30.7. The molecule has 3 aliphatic rings. The number of hydrogen-bond donors (Lipinski definition) is 5. The number of nitrogens with two attached hydrogens (primary N) is 1. The van der Waals surface area contributed by atoms with Crippen molar-refractivity contribution < 1.29 is 48.0 Å². The van der Waals surface area contributed by atoms with Gasteiger partial charge in [0.15, 0.2) is 11.4 Å². The average molecular weight is 587 g/mol. The molecule has 0 saturated heterocycles. The van der Waals surface area contributed by atoms with Crippen LogP contribution >= 0.6 is 0 Å². The number of phenolic OH excluding ortho intramolecular Hbond substituents is 1. The van der Waals surface area contributed by atoms with Gasteiger partial charge in [-0.05, 0) is 55.0 Å². The van der Waals surface area contributed by atoms with Gasteiger partial charge in [0.2, 0.25) is 5.78 Å². The van der Waals surface area contributed by atoms with Gasteiger partial charge >= 0.3 is 6.18 Å². The SMILES string of the molecule is CN(CCc1ccccc1)Cc1cc(O)c2c(c1C(F)(F)F)CC1C[C@H]3CC(O)=C(C(N)=O)C(=O)[C@@]3(O)C(O)=C1C2=O. The Labute approximate surface area is 238 Å². The van der Waals surface area contributed by atoms with E-state index in [1.165, 1.54) is 0 Å². The Kier molecular flexibility index (Phi) is 7.18. The summed E-state index contributed by atoms with van der Waals surface area (Å²) in [5.41, 5.74) is -0.463. The Hall–Kier alpha value is -4.16. The smallest absolute Gasteiger partial charge is 0.417 e. The highest BCUT2D eigenvalue weighted by Crippen LogP contribution is 2.53. The summed E-state index contributed by atoms with van der Waals surface area (Å²) in [6.45, 7) is 0.237. The minimum Gasteiger partial charge on any atom is -0.511 e. The Morgan fingerprint density at radius 1 is 1.12 bits per heavy atom. The minimum absolute atomic E-state index is 0.180. The number of hydrogen-bond acceptors (Lipinski definition) is 8. The first-order chi connectivity index (χ1) is 19.7. The normalized spacial score (nSPS) is 24.0. The number of allylic oxidation sites excluding steroid dienone is 2. The first-order valence-electron chi connectivity index (χ1n) is 13.3. The molecule has 0 aromatic heterocycles. The molecule has 5 rings (SSSR count). The Morgan fingerprint density at radius 3 is 2.40 bits per heavy atom. The number of nitrogens with zero attached hydrogens (tertiary/aromatic N) is 1. The van der Waals surface area contributed by atoms with Gasteiger partial charge in [0.25, 0.3) is 5.91 Å². The van der Waals surface area contributed by atoms with E-state index in [9.17, 15) is 48.0 Å². The van der Waals surface area contributed by atoms with Gasteiger partial charge in [0.1, 0.15) is 22.8 Å². The lowest BCUT2D eigenvalue weighted by Crippen LogP contribution is -2.57. The Morgan fingerprint density at radius 2 is 1.79 bits per heavy atom. The molecule has 222 valence electrons. The molecule has 0 heterocycles. The molecule has 0 aliphatic heterocycles. The van der Waals surface area contributed by atoms with Gasteiger partial charge in [-0.1, -0.05) is 30.3 Å². The molecule has 6 N–H and O–H groups in total. The van der Waals surface area contributed by atoms with Gasteiger partial charge in [-0.2, -0.15) is 13.2 Å². The number of fused-ring (bicyclic) bond motifs is 3. The fraction of sp³-hybridized carbons (Fsp3) is 0.367. The number of alkyl halides is 3. The van der Waals surface area contributed by atoms with Crippen molar-refractivity contribution in [3.63, 3.8) is 0 Å². The van der Waals surface area contributed by atoms with Gasteiger partial charge in [0, 0.05) is 31.0 Å². The zero-order valence-corrected chi connectivity index (χ0v) is 22.5. The number of phenols is 1. The fourth-order valence-electron chi connectivity index (χ4n) is 6.57. The number of ketones is 2. The van der Waals surface area contributed by atoms with E-state index in [-0.39, 0.29) is 18.5 Å². The molecule has 12 heteroatoms. The number of likely N-dealkylation sites (N-methyl/N-ethyl adjacent to an activating group) is 1. The van der Waals surface area contributed by atoms with Crippen molar-refractivity contribution in [3.05, 3.63) is 86.9 Å². The second-order valence-corrected chi connectivity index (χ2v) is 11.2. The molecule has 0 saturated carbocycles. The first-order valence-corrected chi connectivity index (χ1v) is 13.3. The highest BCUT2D eigenvalue weighted by Gasteiger charge is 2.60. The minimum atomic E-state index is -4.90. The molecule has 0 spiro atoms. The zero-order valence-electron chi connectivity index (χ0n) is 22.5. The van der Waals surface area contributed by atoms with Crippen LogP contribution in [0, 0.1) is 11.8 Å². The van der Waals surface area contributed by atoms with Crippen LogP contribution in [0.1, 0.15) is 45.5 Å².